The predicted molar refractivity (Wildman–Crippen MR) is 79.5 cm³/mol. The molecule has 21 heavy (non-hydrogen) atoms. The standard InChI is InChI=1S/C15H19N3O3/c1-11-10-18(15(20)16-14(11)19)13-4-2-12(3-5-13)17-6-8-21-9-7-17/h2-5,11H,6-10H2,1H3,(H,16,19,20). The lowest BCUT2D eigenvalue weighted by molar-refractivity contribution is -0.123. The Kier molecular flexibility index (Phi) is 3.79. The zero-order valence-electron chi connectivity index (χ0n) is 12.0. The van der Waals surface area contributed by atoms with E-state index in [0.29, 0.717) is 6.54 Å². The number of carbonyl (C=O) groups is 2. The Morgan fingerprint density at radius 3 is 2.38 bits per heavy atom. The lowest BCUT2D eigenvalue weighted by atomic mass is 10.1. The number of ether oxygens (including phenoxy) is 1. The summed E-state index contributed by atoms with van der Waals surface area (Å²) in [5, 5.41) is 2.38. The van der Waals surface area contributed by atoms with Gasteiger partial charge in [0.25, 0.3) is 0 Å². The number of nitrogens with one attached hydrogen (secondary N) is 1. The molecule has 6 nitrogen and oxygen atoms in total. The molecule has 2 saturated heterocycles. The van der Waals surface area contributed by atoms with Crippen molar-refractivity contribution in [2.45, 2.75) is 6.92 Å². The summed E-state index contributed by atoms with van der Waals surface area (Å²) in [6, 6.07) is 7.52. The van der Waals surface area contributed by atoms with Crippen LogP contribution in [-0.4, -0.2) is 44.8 Å². The Balaban J connectivity index is 1.74. The van der Waals surface area contributed by atoms with E-state index in [1.54, 1.807) is 4.90 Å². The molecule has 2 fully saturated rings. The van der Waals surface area contributed by atoms with E-state index in [9.17, 15) is 9.59 Å². The first-order chi connectivity index (χ1) is 10.1. The third-order valence-electron chi connectivity index (χ3n) is 3.92. The minimum absolute atomic E-state index is 0.193. The molecule has 6 heteroatoms. The Hall–Kier alpha value is -2.08. The highest BCUT2D eigenvalue weighted by Gasteiger charge is 2.29. The first kappa shape index (κ1) is 13.9. The third kappa shape index (κ3) is 2.85. The lowest BCUT2D eigenvalue weighted by Gasteiger charge is -2.32. The van der Waals surface area contributed by atoms with Crippen molar-refractivity contribution in [2.75, 3.05) is 42.6 Å². The molecule has 0 spiro atoms. The second kappa shape index (κ2) is 5.73. The SMILES string of the molecule is CC1CN(c2ccc(N3CCOCC3)cc2)C(=O)NC1=O. The van der Waals surface area contributed by atoms with Crippen molar-refractivity contribution in [1.82, 2.24) is 5.32 Å². The summed E-state index contributed by atoms with van der Waals surface area (Å²) in [6.45, 7) is 5.49. The van der Waals surface area contributed by atoms with Crippen molar-refractivity contribution in [3.8, 4) is 0 Å². The fourth-order valence-corrected chi connectivity index (χ4v) is 2.62. The molecule has 2 aliphatic rings. The molecular weight excluding hydrogens is 270 g/mol. The van der Waals surface area contributed by atoms with Gasteiger partial charge in [-0.25, -0.2) is 4.79 Å². The van der Waals surface area contributed by atoms with E-state index < -0.39 is 0 Å². The zero-order chi connectivity index (χ0) is 14.8. The summed E-state index contributed by atoms with van der Waals surface area (Å²) in [5.41, 5.74) is 1.94. The molecule has 112 valence electrons. The van der Waals surface area contributed by atoms with E-state index in [0.717, 1.165) is 37.7 Å². The number of rotatable bonds is 2. The fraction of sp³-hybridized carbons (Fsp3) is 0.467. The van der Waals surface area contributed by atoms with Crippen LogP contribution in [0.1, 0.15) is 6.92 Å². The maximum atomic E-state index is 11.9. The van der Waals surface area contributed by atoms with Gasteiger partial charge in [0, 0.05) is 31.0 Å². The highest BCUT2D eigenvalue weighted by molar-refractivity contribution is 6.06. The van der Waals surface area contributed by atoms with Crippen LogP contribution in [-0.2, 0) is 9.53 Å². The fourth-order valence-electron chi connectivity index (χ4n) is 2.62. The second-order valence-corrected chi connectivity index (χ2v) is 5.42. The van der Waals surface area contributed by atoms with Gasteiger partial charge in [0.2, 0.25) is 5.91 Å². The monoisotopic (exact) mass is 289 g/mol. The number of hydrogen-bond acceptors (Lipinski definition) is 4. The van der Waals surface area contributed by atoms with Crippen molar-refractivity contribution < 1.29 is 14.3 Å². The minimum atomic E-state index is -0.350. The number of benzene rings is 1. The number of nitrogens with zero attached hydrogens (tertiary/aromatic N) is 2. The molecule has 1 aromatic rings. The Labute approximate surface area is 123 Å². The molecule has 0 bridgehead atoms. The van der Waals surface area contributed by atoms with E-state index in [1.165, 1.54) is 0 Å². The molecule has 1 atom stereocenters. The van der Waals surface area contributed by atoms with E-state index >= 15 is 0 Å². The molecule has 0 aliphatic carbocycles. The normalized spacial score (nSPS) is 23.2. The van der Waals surface area contributed by atoms with Gasteiger partial charge in [0.05, 0.1) is 19.1 Å². The molecule has 2 heterocycles. The predicted octanol–water partition coefficient (Wildman–Crippen LogP) is 1.22. The van der Waals surface area contributed by atoms with Crippen molar-refractivity contribution >= 4 is 23.3 Å². The molecule has 1 aromatic carbocycles. The first-order valence-electron chi connectivity index (χ1n) is 7.20. The van der Waals surface area contributed by atoms with Gasteiger partial charge in [-0.1, -0.05) is 6.92 Å². The zero-order valence-corrected chi connectivity index (χ0v) is 12.0. The first-order valence-corrected chi connectivity index (χ1v) is 7.20. The van der Waals surface area contributed by atoms with Gasteiger partial charge < -0.3 is 9.64 Å². The number of anilines is 2. The molecule has 3 amide bonds. The van der Waals surface area contributed by atoms with Crippen LogP contribution in [0.25, 0.3) is 0 Å². The Morgan fingerprint density at radius 2 is 1.71 bits per heavy atom. The van der Waals surface area contributed by atoms with Gasteiger partial charge in [0.1, 0.15) is 0 Å². The summed E-state index contributed by atoms with van der Waals surface area (Å²) in [7, 11) is 0. The number of imide groups is 1. The average molecular weight is 289 g/mol. The van der Waals surface area contributed by atoms with E-state index in [4.69, 9.17) is 4.74 Å². The molecule has 3 rings (SSSR count). The van der Waals surface area contributed by atoms with E-state index in [1.807, 2.05) is 31.2 Å². The summed E-state index contributed by atoms with van der Waals surface area (Å²) in [6.07, 6.45) is 0. The van der Waals surface area contributed by atoms with Crippen LogP contribution >= 0.6 is 0 Å². The van der Waals surface area contributed by atoms with Crippen molar-refractivity contribution in [2.24, 2.45) is 5.92 Å². The highest BCUT2D eigenvalue weighted by Crippen LogP contribution is 2.23. The van der Waals surface area contributed by atoms with Gasteiger partial charge in [-0.3, -0.25) is 15.0 Å². The summed E-state index contributed by atoms with van der Waals surface area (Å²) in [4.78, 5) is 27.2. The lowest BCUT2D eigenvalue weighted by Crippen LogP contribution is -2.53. The van der Waals surface area contributed by atoms with Crippen molar-refractivity contribution in [3.63, 3.8) is 0 Å². The summed E-state index contributed by atoms with van der Waals surface area (Å²) >= 11 is 0. The van der Waals surface area contributed by atoms with Gasteiger partial charge in [-0.05, 0) is 24.3 Å². The van der Waals surface area contributed by atoms with E-state index in [2.05, 4.69) is 10.2 Å². The smallest absolute Gasteiger partial charge is 0.328 e. The van der Waals surface area contributed by atoms with Gasteiger partial charge in [-0.2, -0.15) is 0 Å². The van der Waals surface area contributed by atoms with Crippen LogP contribution in [0.4, 0.5) is 16.2 Å². The van der Waals surface area contributed by atoms with Crippen LogP contribution < -0.4 is 15.1 Å². The molecule has 0 saturated carbocycles. The van der Waals surface area contributed by atoms with E-state index in [-0.39, 0.29) is 17.9 Å². The number of hydrogen-bond donors (Lipinski definition) is 1. The topological polar surface area (TPSA) is 61.9 Å². The number of urea groups is 1. The highest BCUT2D eigenvalue weighted by atomic mass is 16.5. The molecule has 1 unspecified atom stereocenters. The summed E-state index contributed by atoms with van der Waals surface area (Å²) < 4.78 is 5.34. The van der Waals surface area contributed by atoms with Crippen LogP contribution in [0.15, 0.2) is 24.3 Å². The minimum Gasteiger partial charge on any atom is -0.378 e. The van der Waals surface area contributed by atoms with Gasteiger partial charge in [-0.15, -0.1) is 0 Å². The van der Waals surface area contributed by atoms with Crippen LogP contribution in [0, 0.1) is 5.92 Å². The Morgan fingerprint density at radius 1 is 1.10 bits per heavy atom. The molecule has 2 aliphatic heterocycles. The van der Waals surface area contributed by atoms with Crippen LogP contribution in [0.3, 0.4) is 0 Å². The number of carbonyl (C=O) groups excluding carboxylic acids is 2. The second-order valence-electron chi connectivity index (χ2n) is 5.42. The van der Waals surface area contributed by atoms with Crippen LogP contribution in [0.2, 0.25) is 0 Å². The molecule has 0 aromatic heterocycles. The van der Waals surface area contributed by atoms with Crippen molar-refractivity contribution in [3.05, 3.63) is 24.3 Å². The largest absolute Gasteiger partial charge is 0.378 e. The van der Waals surface area contributed by atoms with Gasteiger partial charge >= 0.3 is 6.03 Å². The molecular formula is C15H19N3O3. The molecule has 1 N–H and O–H groups in total. The maximum Gasteiger partial charge on any atom is 0.328 e. The third-order valence-corrected chi connectivity index (χ3v) is 3.92. The maximum absolute atomic E-state index is 11.9. The average Bonchev–Trinajstić information content (AvgIpc) is 2.52. The number of morpholine rings is 1. The summed E-state index contributed by atoms with van der Waals surface area (Å²) in [5.74, 6) is -0.400. The quantitative estimate of drug-likeness (QED) is 0.889. The van der Waals surface area contributed by atoms with Crippen molar-refractivity contribution in [1.29, 1.82) is 0 Å². The molecule has 0 radical (unpaired) electrons. The van der Waals surface area contributed by atoms with Crippen LogP contribution in [0.5, 0.6) is 0 Å². The number of amides is 3. The van der Waals surface area contributed by atoms with Gasteiger partial charge in [0.15, 0.2) is 0 Å². The Bertz CT molecular complexity index is 538.